The average Bonchev–Trinajstić information content (AvgIpc) is 2.96. The number of hydrogen-bond acceptors (Lipinski definition) is 23. The largest absolute Gasteiger partial charge is 0.494 e. The predicted octanol–water partition coefficient (Wildman–Crippen LogP) is 6.52. The van der Waals surface area contributed by atoms with Gasteiger partial charge in [-0.25, -0.2) is 8.78 Å². The summed E-state index contributed by atoms with van der Waals surface area (Å²) in [6, 6.07) is 5.33. The van der Waals surface area contributed by atoms with Crippen LogP contribution >= 0.6 is 15.9 Å². The van der Waals surface area contributed by atoms with Gasteiger partial charge in [-0.05, 0) is 64.8 Å². The molecule has 2 fully saturated rings. The summed E-state index contributed by atoms with van der Waals surface area (Å²) in [5.74, 6) is -10.4. The van der Waals surface area contributed by atoms with E-state index in [4.69, 9.17) is 61.6 Å². The second kappa shape index (κ2) is 33.0. The van der Waals surface area contributed by atoms with Crippen molar-refractivity contribution in [3.8, 4) is 17.4 Å². The van der Waals surface area contributed by atoms with Gasteiger partial charge in [0, 0.05) is 103 Å². The van der Waals surface area contributed by atoms with Crippen molar-refractivity contribution in [1.29, 1.82) is 0 Å². The van der Waals surface area contributed by atoms with E-state index in [1.807, 2.05) is 27.7 Å². The zero-order chi connectivity index (χ0) is 67.0. The first-order valence-corrected chi connectivity index (χ1v) is 28.3. The number of aromatic nitrogens is 4. The van der Waals surface area contributed by atoms with Gasteiger partial charge in [0.15, 0.2) is 58.7 Å². The van der Waals surface area contributed by atoms with Crippen molar-refractivity contribution in [2.24, 2.45) is 0 Å². The summed E-state index contributed by atoms with van der Waals surface area (Å²) in [5, 5.41) is 6.35. The summed E-state index contributed by atoms with van der Waals surface area (Å²) in [4.78, 5) is 105. The lowest BCUT2D eigenvalue weighted by atomic mass is 9.98. The highest BCUT2D eigenvalue weighted by Gasteiger charge is 2.54. The molecule has 2 aromatic carbocycles. The molecule has 0 bridgehead atoms. The quantitative estimate of drug-likeness (QED) is 0.0426. The predicted molar refractivity (Wildman–Crippen MR) is 302 cm³/mol. The molecule has 0 unspecified atom stereocenters. The van der Waals surface area contributed by atoms with Gasteiger partial charge >= 0.3 is 47.8 Å². The Labute approximate surface area is 517 Å². The SMILES string of the molecule is CC(=O)OC[C@H]1O[C@H](Br)[C@H](OC(C)=O)[C@@H](OC(C)=O)[C@@H]1OC(C)=O.COc1ccc(Cc2c(C)n(C(C)C)[nH]c2=O)c(F)c1F.COc1ccc(Cc2c(O[C@@H]3O[C@H](COC(C)=O)[C@@H](OC(C)=O)[C@H](OC(C)=O)[C@H]3OC(C)=O)nn(C(C)C)c2C)c(F)c1F. The van der Waals surface area contributed by atoms with Gasteiger partial charge < -0.3 is 61.6 Å². The number of H-pyrrole nitrogens is 1. The van der Waals surface area contributed by atoms with Gasteiger partial charge in [-0.3, -0.25) is 57.6 Å². The van der Waals surface area contributed by atoms with E-state index in [9.17, 15) is 56.3 Å². The average molecular weight is 1330 g/mol. The molecule has 0 aliphatic carbocycles. The number of halogens is 5. The lowest BCUT2D eigenvalue weighted by Gasteiger charge is -2.43. The minimum absolute atomic E-state index is 0.0268. The first kappa shape index (κ1) is 73.4. The summed E-state index contributed by atoms with van der Waals surface area (Å²) in [5.41, 5.74) is 1.88. The van der Waals surface area contributed by atoms with Gasteiger partial charge in [-0.15, -0.1) is 5.10 Å². The van der Waals surface area contributed by atoms with E-state index < -0.39 is 138 Å². The fourth-order valence-electron chi connectivity index (χ4n) is 9.30. The Hall–Kier alpha value is -8.06. The number of methoxy groups -OCH3 is 2. The van der Waals surface area contributed by atoms with E-state index in [2.05, 4.69) is 26.1 Å². The third-order valence-electron chi connectivity index (χ3n) is 13.1. The van der Waals surface area contributed by atoms with Crippen LogP contribution in [0.25, 0.3) is 0 Å². The van der Waals surface area contributed by atoms with E-state index in [-0.39, 0.29) is 65.6 Å². The van der Waals surface area contributed by atoms with Crippen molar-refractivity contribution in [3.63, 3.8) is 0 Å². The van der Waals surface area contributed by atoms with E-state index in [0.717, 1.165) is 47.2 Å². The number of ether oxygens (including phenoxy) is 13. The van der Waals surface area contributed by atoms with E-state index in [0.29, 0.717) is 16.8 Å². The summed E-state index contributed by atoms with van der Waals surface area (Å²) < 4.78 is 130. The van der Waals surface area contributed by atoms with Gasteiger partial charge in [-0.2, -0.15) is 8.78 Å². The van der Waals surface area contributed by atoms with Gasteiger partial charge in [0.05, 0.1) is 14.2 Å². The van der Waals surface area contributed by atoms with Gasteiger partial charge in [0.25, 0.3) is 5.56 Å². The summed E-state index contributed by atoms with van der Waals surface area (Å²) in [6.07, 6.45) is -11.5. The van der Waals surface area contributed by atoms with Crippen LogP contribution in [0.2, 0.25) is 0 Å². The van der Waals surface area contributed by atoms with Crippen molar-refractivity contribution in [2.75, 3.05) is 27.4 Å². The molecule has 2 aliphatic heterocycles. The molecular formula is C58H73BrF4N4O22. The Kier molecular flexibility index (Phi) is 27.2. The zero-order valence-electron chi connectivity index (χ0n) is 51.8. The Morgan fingerprint density at radius 2 is 0.933 bits per heavy atom. The molecule has 492 valence electrons. The van der Waals surface area contributed by atoms with Crippen LogP contribution in [0.3, 0.4) is 0 Å². The number of nitrogens with one attached hydrogen (secondary N) is 1. The maximum atomic E-state index is 15.0. The number of nitrogens with zero attached hydrogens (tertiary/aromatic N) is 3. The van der Waals surface area contributed by atoms with Crippen molar-refractivity contribution < 1.29 is 117 Å². The van der Waals surface area contributed by atoms with Crippen molar-refractivity contribution in [3.05, 3.63) is 91.5 Å². The van der Waals surface area contributed by atoms with Crippen LogP contribution in [-0.2, 0) is 98.6 Å². The molecule has 26 nitrogen and oxygen atoms in total. The van der Waals surface area contributed by atoms with Crippen molar-refractivity contribution >= 4 is 63.7 Å². The molecule has 0 spiro atoms. The highest BCUT2D eigenvalue weighted by molar-refractivity contribution is 9.09. The minimum atomic E-state index is -1.57. The smallest absolute Gasteiger partial charge is 0.303 e. The minimum Gasteiger partial charge on any atom is -0.494 e. The first-order valence-electron chi connectivity index (χ1n) is 27.4. The van der Waals surface area contributed by atoms with Crippen LogP contribution < -0.4 is 19.8 Å². The Morgan fingerprint density at radius 3 is 1.33 bits per heavy atom. The fraction of sp³-hybridized carbons (Fsp3) is 0.552. The van der Waals surface area contributed by atoms with Crippen molar-refractivity contribution in [2.45, 2.75) is 182 Å². The molecular weight excluding hydrogens is 1260 g/mol. The van der Waals surface area contributed by atoms with Gasteiger partial charge in [0.1, 0.15) is 25.4 Å². The monoisotopic (exact) mass is 1330 g/mol. The van der Waals surface area contributed by atoms with E-state index in [1.165, 1.54) is 52.3 Å². The molecule has 6 rings (SSSR count). The molecule has 0 amide bonds. The standard InChI is InChI=1S/C29H36F2N2O11.C15H18F2N2O2.C14H19BrO9/c1-13(2)33-14(3)20(11-19-9-10-21(38-8)24(31)23(19)30)28(32-33)44-29-27(42-18(7)37)26(41-17(6)36)25(40-16(5)35)22(43-29)12-39-15(4)34;1-8(2)19-9(3)11(15(20)18-19)7-10-5-6-12(21-4)14(17)13(10)16;1-6(16)20-5-10-11(21-7(2)17)12(22-8(3)18)13(14(15)24-10)23-9(4)19/h9-10,13,22,25-27,29H,11-12H2,1-8H3;5-6,8H,7H2,1-4H3,(H,18,20);10-14H,5H2,1-4H3/t22-,25-,26+,27-,29+;;10-,11-,12+,13-,14+/m1.1/s1. The summed E-state index contributed by atoms with van der Waals surface area (Å²) in [7, 11) is 2.49. The third-order valence-corrected chi connectivity index (χ3v) is 13.8. The molecule has 2 aromatic heterocycles. The lowest BCUT2D eigenvalue weighted by molar-refractivity contribution is -0.289. The molecule has 89 heavy (non-hydrogen) atoms. The number of carbonyl (C=O) groups excluding carboxylic acids is 8. The maximum Gasteiger partial charge on any atom is 0.303 e. The maximum absolute atomic E-state index is 15.0. The molecule has 0 radical (unpaired) electrons. The molecule has 4 aromatic rings. The highest BCUT2D eigenvalue weighted by Crippen LogP contribution is 2.36. The molecule has 2 saturated heterocycles. The number of alkyl halides is 1. The summed E-state index contributed by atoms with van der Waals surface area (Å²) >= 11 is 3.18. The second-order valence-corrected chi connectivity index (χ2v) is 21.5. The summed E-state index contributed by atoms with van der Waals surface area (Å²) in [6.45, 7) is 19.5. The van der Waals surface area contributed by atoms with Crippen LogP contribution in [-0.4, -0.2) is 155 Å². The zero-order valence-corrected chi connectivity index (χ0v) is 53.4. The molecule has 2 aliphatic rings. The number of aromatic amines is 1. The Bertz CT molecular complexity index is 3260. The van der Waals surface area contributed by atoms with Crippen LogP contribution in [0, 0.1) is 37.1 Å². The molecule has 0 saturated carbocycles. The number of carbonyl (C=O) groups is 8. The van der Waals surface area contributed by atoms with Gasteiger partial charge in [-0.1, -0.05) is 28.1 Å². The van der Waals surface area contributed by atoms with Crippen LogP contribution in [0.4, 0.5) is 17.6 Å². The topological polar surface area (TPSA) is 312 Å². The van der Waals surface area contributed by atoms with Crippen LogP contribution in [0.5, 0.6) is 17.4 Å². The van der Waals surface area contributed by atoms with E-state index >= 15 is 4.39 Å². The van der Waals surface area contributed by atoms with Crippen molar-refractivity contribution in [1.82, 2.24) is 19.6 Å². The number of rotatable bonds is 20. The second-order valence-electron chi connectivity index (χ2n) is 20.6. The molecule has 4 heterocycles. The fourth-order valence-corrected chi connectivity index (χ4v) is 9.99. The van der Waals surface area contributed by atoms with Crippen LogP contribution in [0.1, 0.15) is 129 Å². The lowest BCUT2D eigenvalue weighted by Crippen LogP contribution is -2.63. The Balaban J connectivity index is 0.000000316. The molecule has 1 N–H and O–H groups in total. The first-order chi connectivity index (χ1) is 41.6. The van der Waals surface area contributed by atoms with Crippen LogP contribution in [0.15, 0.2) is 29.1 Å². The number of benzene rings is 2. The number of esters is 8. The Morgan fingerprint density at radius 1 is 0.539 bits per heavy atom. The van der Waals surface area contributed by atoms with E-state index in [1.54, 1.807) is 23.2 Å². The normalized spacial score (nSPS) is 21.1. The van der Waals surface area contributed by atoms with Gasteiger partial charge in [0.2, 0.25) is 29.9 Å². The highest BCUT2D eigenvalue weighted by atomic mass is 79.9. The number of hydrogen-bond donors (Lipinski definition) is 1. The molecule has 31 heteroatoms. The third kappa shape index (κ3) is 20.0. The molecule has 10 atom stereocenters.